The molecule has 0 bridgehead atoms. The average Bonchev–Trinajstić information content (AvgIpc) is 2.78. The van der Waals surface area contributed by atoms with Crippen LogP contribution in [0.2, 0.25) is 5.02 Å². The third-order valence-electron chi connectivity index (χ3n) is 5.82. The number of carbonyl (C=O) groups is 2. The van der Waals surface area contributed by atoms with Gasteiger partial charge in [-0.1, -0.05) is 86.3 Å². The number of nitrogens with zero attached hydrogens (tertiary/aromatic N) is 1. The van der Waals surface area contributed by atoms with Crippen molar-refractivity contribution in [3.63, 3.8) is 0 Å². The van der Waals surface area contributed by atoms with E-state index in [1.54, 1.807) is 4.90 Å². The minimum Gasteiger partial charge on any atom is -0.352 e. The molecule has 1 N–H and O–H groups in total. The minimum atomic E-state index is -0.571. The van der Waals surface area contributed by atoms with Crippen LogP contribution in [0.4, 0.5) is 0 Å². The van der Waals surface area contributed by atoms with Crippen molar-refractivity contribution < 1.29 is 9.59 Å². The fraction of sp³-hybridized carbons (Fsp3) is 0.440. The molecule has 2 amide bonds. The molecule has 30 heavy (non-hydrogen) atoms. The van der Waals surface area contributed by atoms with E-state index in [1.807, 2.05) is 61.5 Å². The first-order valence-corrected chi connectivity index (χ1v) is 11.3. The van der Waals surface area contributed by atoms with Gasteiger partial charge in [0.05, 0.1) is 0 Å². The molecule has 1 unspecified atom stereocenters. The lowest BCUT2D eigenvalue weighted by Gasteiger charge is -2.33. The van der Waals surface area contributed by atoms with Crippen LogP contribution in [0.5, 0.6) is 0 Å². The monoisotopic (exact) mass is 426 g/mol. The van der Waals surface area contributed by atoms with Gasteiger partial charge >= 0.3 is 0 Å². The highest BCUT2D eigenvalue weighted by Crippen LogP contribution is 2.22. The summed E-state index contributed by atoms with van der Waals surface area (Å²) in [5.41, 5.74) is 1.89. The molecule has 3 rings (SSSR count). The van der Waals surface area contributed by atoms with E-state index >= 15 is 0 Å². The molecule has 0 saturated heterocycles. The van der Waals surface area contributed by atoms with Gasteiger partial charge in [0, 0.05) is 30.5 Å². The van der Waals surface area contributed by atoms with Crippen LogP contribution in [-0.4, -0.2) is 28.8 Å². The van der Waals surface area contributed by atoms with Gasteiger partial charge in [0.25, 0.3) is 0 Å². The molecule has 1 saturated carbocycles. The molecular formula is C25H31ClN2O2. The first-order valence-electron chi connectivity index (χ1n) is 11.0. The molecule has 2 aromatic carbocycles. The van der Waals surface area contributed by atoms with Crippen LogP contribution in [-0.2, 0) is 22.6 Å². The first-order chi connectivity index (χ1) is 14.6. The van der Waals surface area contributed by atoms with Crippen LogP contribution in [0.15, 0.2) is 54.6 Å². The van der Waals surface area contributed by atoms with E-state index in [9.17, 15) is 9.59 Å². The normalized spacial score (nSPS) is 15.4. The molecule has 4 nitrogen and oxygen atoms in total. The van der Waals surface area contributed by atoms with Crippen molar-refractivity contribution in [1.29, 1.82) is 0 Å². The third kappa shape index (κ3) is 6.09. The summed E-state index contributed by atoms with van der Waals surface area (Å²) in [4.78, 5) is 28.1. The van der Waals surface area contributed by atoms with Crippen molar-refractivity contribution in [2.75, 3.05) is 0 Å². The first kappa shape index (κ1) is 22.4. The summed E-state index contributed by atoms with van der Waals surface area (Å²) in [7, 11) is 0. The van der Waals surface area contributed by atoms with E-state index in [0.29, 0.717) is 24.4 Å². The highest BCUT2D eigenvalue weighted by Gasteiger charge is 2.31. The van der Waals surface area contributed by atoms with E-state index < -0.39 is 6.04 Å². The number of nitrogens with one attached hydrogen (secondary N) is 1. The van der Waals surface area contributed by atoms with Gasteiger partial charge in [-0.3, -0.25) is 9.59 Å². The molecule has 2 aromatic rings. The van der Waals surface area contributed by atoms with Crippen molar-refractivity contribution in [3.05, 3.63) is 70.7 Å². The van der Waals surface area contributed by atoms with Gasteiger partial charge in [-0.2, -0.15) is 0 Å². The van der Waals surface area contributed by atoms with Crippen LogP contribution in [0.3, 0.4) is 0 Å². The van der Waals surface area contributed by atoms with Crippen molar-refractivity contribution in [1.82, 2.24) is 10.2 Å². The summed E-state index contributed by atoms with van der Waals surface area (Å²) in [6.07, 6.45) is 6.36. The average molecular weight is 427 g/mol. The van der Waals surface area contributed by atoms with Crippen molar-refractivity contribution in [3.8, 4) is 0 Å². The predicted molar refractivity (Wildman–Crippen MR) is 121 cm³/mol. The second kappa shape index (κ2) is 11.2. The Balaban J connectivity index is 1.87. The van der Waals surface area contributed by atoms with Crippen LogP contribution in [0.1, 0.15) is 56.6 Å². The maximum atomic E-state index is 13.4. The van der Waals surface area contributed by atoms with E-state index in [1.165, 1.54) is 6.42 Å². The SMILES string of the molecule is CCC(=O)N(Cc1ccccc1Cl)C(Cc1ccccc1)C(=O)NC1CCCCC1. The molecule has 1 fully saturated rings. The number of hydrogen-bond donors (Lipinski definition) is 1. The number of hydrogen-bond acceptors (Lipinski definition) is 2. The zero-order valence-electron chi connectivity index (χ0n) is 17.6. The smallest absolute Gasteiger partial charge is 0.243 e. The van der Waals surface area contributed by atoms with Gasteiger partial charge in [0.15, 0.2) is 0 Å². The van der Waals surface area contributed by atoms with Crippen molar-refractivity contribution >= 4 is 23.4 Å². The topological polar surface area (TPSA) is 49.4 Å². The largest absolute Gasteiger partial charge is 0.352 e. The molecule has 1 aliphatic rings. The van der Waals surface area contributed by atoms with Gasteiger partial charge in [0.1, 0.15) is 6.04 Å². The molecular weight excluding hydrogens is 396 g/mol. The van der Waals surface area contributed by atoms with E-state index in [0.717, 1.165) is 36.8 Å². The molecule has 1 atom stereocenters. The Labute approximate surface area is 184 Å². The third-order valence-corrected chi connectivity index (χ3v) is 6.19. The van der Waals surface area contributed by atoms with Gasteiger partial charge in [-0.05, 0) is 30.0 Å². The van der Waals surface area contributed by atoms with Gasteiger partial charge in [-0.25, -0.2) is 0 Å². The Morgan fingerprint density at radius 1 is 1.03 bits per heavy atom. The highest BCUT2D eigenvalue weighted by molar-refractivity contribution is 6.31. The quantitative estimate of drug-likeness (QED) is 0.635. The molecule has 0 radical (unpaired) electrons. The van der Waals surface area contributed by atoms with Crippen molar-refractivity contribution in [2.24, 2.45) is 0 Å². The van der Waals surface area contributed by atoms with Crippen LogP contribution in [0, 0.1) is 0 Å². The molecule has 160 valence electrons. The number of rotatable bonds is 8. The zero-order valence-corrected chi connectivity index (χ0v) is 18.4. The van der Waals surface area contributed by atoms with Crippen LogP contribution >= 0.6 is 11.6 Å². The number of carbonyl (C=O) groups excluding carboxylic acids is 2. The molecule has 1 aliphatic carbocycles. The summed E-state index contributed by atoms with van der Waals surface area (Å²) in [6.45, 7) is 2.16. The number of amides is 2. The standard InChI is InChI=1S/C25H31ClN2O2/c1-2-24(29)28(18-20-13-9-10-16-22(20)26)23(17-19-11-5-3-6-12-19)25(30)27-21-14-7-4-8-15-21/h3,5-6,9-13,16,21,23H,2,4,7-8,14-15,17-18H2,1H3,(H,27,30). The number of halogens is 1. The van der Waals surface area contributed by atoms with E-state index in [2.05, 4.69) is 5.32 Å². The van der Waals surface area contributed by atoms with Gasteiger partial charge in [0.2, 0.25) is 11.8 Å². The second-order valence-corrected chi connectivity index (χ2v) is 8.42. The lowest BCUT2D eigenvalue weighted by Crippen LogP contribution is -2.52. The summed E-state index contributed by atoms with van der Waals surface area (Å²) in [5, 5.41) is 3.84. The Morgan fingerprint density at radius 2 is 1.70 bits per heavy atom. The lowest BCUT2D eigenvalue weighted by molar-refractivity contribution is -0.141. The maximum Gasteiger partial charge on any atom is 0.243 e. The Hall–Kier alpha value is -2.33. The molecule has 0 spiro atoms. The van der Waals surface area contributed by atoms with Gasteiger partial charge in [-0.15, -0.1) is 0 Å². The fourth-order valence-corrected chi connectivity index (χ4v) is 4.31. The molecule has 0 aliphatic heterocycles. The van der Waals surface area contributed by atoms with E-state index in [4.69, 9.17) is 11.6 Å². The fourth-order valence-electron chi connectivity index (χ4n) is 4.11. The maximum absolute atomic E-state index is 13.4. The summed E-state index contributed by atoms with van der Waals surface area (Å²) in [5.74, 6) is -0.116. The summed E-state index contributed by atoms with van der Waals surface area (Å²) < 4.78 is 0. The number of benzene rings is 2. The summed E-state index contributed by atoms with van der Waals surface area (Å²) in [6, 6.07) is 17.0. The van der Waals surface area contributed by atoms with Crippen LogP contribution in [0.25, 0.3) is 0 Å². The van der Waals surface area contributed by atoms with E-state index in [-0.39, 0.29) is 17.9 Å². The molecule has 5 heteroatoms. The Kier molecular flexibility index (Phi) is 8.32. The van der Waals surface area contributed by atoms with Crippen molar-refractivity contribution in [2.45, 2.75) is 70.5 Å². The Morgan fingerprint density at radius 3 is 2.37 bits per heavy atom. The summed E-state index contributed by atoms with van der Waals surface area (Å²) >= 11 is 6.38. The van der Waals surface area contributed by atoms with Crippen LogP contribution < -0.4 is 5.32 Å². The minimum absolute atomic E-state index is 0.0466. The highest BCUT2D eigenvalue weighted by atomic mass is 35.5. The molecule has 0 aromatic heterocycles. The molecule has 0 heterocycles. The second-order valence-electron chi connectivity index (χ2n) is 8.02. The zero-order chi connectivity index (χ0) is 21.3. The Bertz CT molecular complexity index is 834. The van der Waals surface area contributed by atoms with Gasteiger partial charge < -0.3 is 10.2 Å². The lowest BCUT2D eigenvalue weighted by atomic mass is 9.94. The predicted octanol–water partition coefficient (Wildman–Crippen LogP) is 5.14.